The van der Waals surface area contributed by atoms with Crippen molar-refractivity contribution in [2.75, 3.05) is 5.32 Å². The lowest BCUT2D eigenvalue weighted by molar-refractivity contribution is 0.102. The fourth-order valence-corrected chi connectivity index (χ4v) is 2.80. The van der Waals surface area contributed by atoms with E-state index in [-0.39, 0.29) is 5.91 Å². The Balaban J connectivity index is 1.65. The normalized spacial score (nSPS) is 10.7. The summed E-state index contributed by atoms with van der Waals surface area (Å²) in [6.45, 7) is 2.13. The zero-order valence-corrected chi connectivity index (χ0v) is 13.5. The fourth-order valence-electron chi connectivity index (χ4n) is 2.02. The lowest BCUT2D eigenvalue weighted by Crippen LogP contribution is -2.11. The number of nitrogens with one attached hydrogen (secondary N) is 1. The zero-order valence-electron chi connectivity index (χ0n) is 12.6. The number of rotatable bonds is 6. The van der Waals surface area contributed by atoms with Crippen LogP contribution in [0.15, 0.2) is 36.9 Å². The maximum atomic E-state index is 12.2. The second-order valence-electron chi connectivity index (χ2n) is 4.97. The lowest BCUT2D eigenvalue weighted by Gasteiger charge is -2.04. The van der Waals surface area contributed by atoms with Crippen molar-refractivity contribution in [3.63, 3.8) is 0 Å². The van der Waals surface area contributed by atoms with E-state index >= 15 is 0 Å². The SMILES string of the molecule is CCCCc1nnc(NC(=O)c2ccc(-n3cnnc3)cc2)s1. The number of hydrogen-bond acceptors (Lipinski definition) is 6. The van der Waals surface area contributed by atoms with Gasteiger partial charge < -0.3 is 0 Å². The third-order valence-electron chi connectivity index (χ3n) is 3.28. The predicted molar refractivity (Wildman–Crippen MR) is 87.8 cm³/mol. The van der Waals surface area contributed by atoms with Gasteiger partial charge in [0.25, 0.3) is 5.91 Å². The van der Waals surface area contributed by atoms with Crippen LogP contribution in [0.3, 0.4) is 0 Å². The molecule has 3 rings (SSSR count). The van der Waals surface area contributed by atoms with Gasteiger partial charge in [-0.15, -0.1) is 20.4 Å². The van der Waals surface area contributed by atoms with E-state index in [1.807, 2.05) is 12.1 Å². The van der Waals surface area contributed by atoms with Crippen LogP contribution in [0, 0.1) is 0 Å². The van der Waals surface area contributed by atoms with E-state index in [0.29, 0.717) is 10.7 Å². The minimum absolute atomic E-state index is 0.196. The van der Waals surface area contributed by atoms with Crippen molar-refractivity contribution in [1.29, 1.82) is 0 Å². The minimum Gasteiger partial charge on any atom is -0.296 e. The molecule has 1 amide bonds. The Kier molecular flexibility index (Phi) is 4.72. The number of carbonyl (C=O) groups is 1. The van der Waals surface area contributed by atoms with Crippen LogP contribution in [0.2, 0.25) is 0 Å². The predicted octanol–water partition coefficient (Wildman–Crippen LogP) is 2.71. The molecule has 7 nitrogen and oxygen atoms in total. The van der Waals surface area contributed by atoms with Gasteiger partial charge in [0.2, 0.25) is 5.13 Å². The van der Waals surface area contributed by atoms with E-state index in [1.54, 1.807) is 29.4 Å². The lowest BCUT2D eigenvalue weighted by atomic mass is 10.2. The van der Waals surface area contributed by atoms with Crippen LogP contribution in [0.4, 0.5) is 5.13 Å². The summed E-state index contributed by atoms with van der Waals surface area (Å²) < 4.78 is 1.77. The van der Waals surface area contributed by atoms with Crippen molar-refractivity contribution in [2.45, 2.75) is 26.2 Å². The van der Waals surface area contributed by atoms with Crippen molar-refractivity contribution < 1.29 is 4.79 Å². The third-order valence-corrected chi connectivity index (χ3v) is 4.18. The maximum absolute atomic E-state index is 12.2. The van der Waals surface area contributed by atoms with Crippen molar-refractivity contribution in [1.82, 2.24) is 25.0 Å². The van der Waals surface area contributed by atoms with E-state index in [1.165, 1.54) is 11.3 Å². The van der Waals surface area contributed by atoms with Gasteiger partial charge in [0, 0.05) is 17.7 Å². The molecule has 0 aliphatic rings. The van der Waals surface area contributed by atoms with Gasteiger partial charge in [-0.1, -0.05) is 24.7 Å². The van der Waals surface area contributed by atoms with Gasteiger partial charge in [-0.05, 0) is 30.7 Å². The standard InChI is InChI=1S/C15H16N6OS/c1-2-3-4-13-19-20-15(23-13)18-14(22)11-5-7-12(8-6-11)21-9-16-17-10-21/h5-10H,2-4H2,1H3,(H,18,20,22). The number of unbranched alkanes of at least 4 members (excludes halogenated alkanes) is 1. The fraction of sp³-hybridized carbons (Fsp3) is 0.267. The second kappa shape index (κ2) is 7.10. The molecule has 2 heterocycles. The molecule has 8 heteroatoms. The molecule has 0 aliphatic carbocycles. The largest absolute Gasteiger partial charge is 0.296 e. The van der Waals surface area contributed by atoms with Gasteiger partial charge in [0.05, 0.1) is 0 Å². The molecule has 23 heavy (non-hydrogen) atoms. The number of aromatic nitrogens is 5. The summed E-state index contributed by atoms with van der Waals surface area (Å²) in [6.07, 6.45) is 6.30. The first-order valence-corrected chi connectivity index (χ1v) is 8.16. The molecule has 0 fully saturated rings. The van der Waals surface area contributed by atoms with Crippen molar-refractivity contribution in [3.8, 4) is 5.69 Å². The average Bonchev–Trinajstić information content (AvgIpc) is 3.25. The van der Waals surface area contributed by atoms with Gasteiger partial charge in [-0.25, -0.2) is 0 Å². The number of amides is 1. The van der Waals surface area contributed by atoms with E-state index in [4.69, 9.17) is 0 Å². The first-order valence-electron chi connectivity index (χ1n) is 7.35. The van der Waals surface area contributed by atoms with E-state index in [2.05, 4.69) is 32.6 Å². The molecule has 0 saturated carbocycles. The number of carbonyl (C=O) groups excluding carboxylic acids is 1. The summed E-state index contributed by atoms with van der Waals surface area (Å²) in [7, 11) is 0. The topological polar surface area (TPSA) is 85.6 Å². The van der Waals surface area contributed by atoms with Gasteiger partial charge >= 0.3 is 0 Å². The van der Waals surface area contributed by atoms with Crippen LogP contribution in [0.1, 0.15) is 35.1 Å². The highest BCUT2D eigenvalue weighted by molar-refractivity contribution is 7.15. The van der Waals surface area contributed by atoms with E-state index in [0.717, 1.165) is 30.0 Å². The first kappa shape index (κ1) is 15.3. The minimum atomic E-state index is -0.196. The van der Waals surface area contributed by atoms with Gasteiger partial charge in [0.15, 0.2) is 0 Å². The van der Waals surface area contributed by atoms with E-state index in [9.17, 15) is 4.79 Å². The Hall–Kier alpha value is -2.61. The van der Waals surface area contributed by atoms with Crippen LogP contribution in [-0.2, 0) is 6.42 Å². The smallest absolute Gasteiger partial charge is 0.257 e. The summed E-state index contributed by atoms with van der Waals surface area (Å²) in [5.74, 6) is -0.196. The summed E-state index contributed by atoms with van der Waals surface area (Å²) in [5.41, 5.74) is 1.46. The number of anilines is 1. The Morgan fingerprint density at radius 1 is 1.17 bits per heavy atom. The molecule has 2 aromatic heterocycles. The molecule has 0 spiro atoms. The molecule has 1 N–H and O–H groups in total. The Bertz CT molecular complexity index is 766. The van der Waals surface area contributed by atoms with Gasteiger partial charge in [0.1, 0.15) is 17.7 Å². The molecule has 0 unspecified atom stereocenters. The molecule has 1 aromatic carbocycles. The van der Waals surface area contributed by atoms with Gasteiger partial charge in [-0.2, -0.15) is 0 Å². The van der Waals surface area contributed by atoms with Crippen LogP contribution in [0.5, 0.6) is 0 Å². The molecule has 3 aromatic rings. The van der Waals surface area contributed by atoms with Crippen LogP contribution in [-0.4, -0.2) is 30.9 Å². The monoisotopic (exact) mass is 328 g/mol. The molecule has 0 aliphatic heterocycles. The number of aryl methyl sites for hydroxylation is 1. The summed E-state index contributed by atoms with van der Waals surface area (Å²) in [6, 6.07) is 7.18. The molecule has 0 atom stereocenters. The second-order valence-corrected chi connectivity index (χ2v) is 6.04. The Labute approximate surface area is 137 Å². The number of nitrogens with zero attached hydrogens (tertiary/aromatic N) is 5. The molecular weight excluding hydrogens is 312 g/mol. The van der Waals surface area contributed by atoms with Crippen molar-refractivity contribution >= 4 is 22.4 Å². The summed E-state index contributed by atoms with van der Waals surface area (Å²) in [5, 5.41) is 19.9. The Morgan fingerprint density at radius 2 is 1.91 bits per heavy atom. The van der Waals surface area contributed by atoms with E-state index < -0.39 is 0 Å². The molecule has 0 bridgehead atoms. The maximum Gasteiger partial charge on any atom is 0.257 e. The quantitative estimate of drug-likeness (QED) is 0.752. The number of benzene rings is 1. The number of hydrogen-bond donors (Lipinski definition) is 1. The molecule has 0 radical (unpaired) electrons. The molecule has 118 valence electrons. The van der Waals surface area contributed by atoms with Crippen LogP contribution >= 0.6 is 11.3 Å². The van der Waals surface area contributed by atoms with Crippen molar-refractivity contribution in [3.05, 3.63) is 47.5 Å². The molecule has 0 saturated heterocycles. The highest BCUT2D eigenvalue weighted by Crippen LogP contribution is 2.18. The summed E-state index contributed by atoms with van der Waals surface area (Å²) >= 11 is 1.42. The van der Waals surface area contributed by atoms with Crippen LogP contribution in [0.25, 0.3) is 5.69 Å². The third kappa shape index (κ3) is 3.78. The first-order chi connectivity index (χ1) is 11.3. The average molecular weight is 328 g/mol. The molecular formula is C15H16N6OS. The summed E-state index contributed by atoms with van der Waals surface area (Å²) in [4.78, 5) is 12.2. The van der Waals surface area contributed by atoms with Crippen molar-refractivity contribution in [2.24, 2.45) is 0 Å². The van der Waals surface area contributed by atoms with Crippen LogP contribution < -0.4 is 5.32 Å². The van der Waals surface area contributed by atoms with Gasteiger partial charge in [-0.3, -0.25) is 14.7 Å². The highest BCUT2D eigenvalue weighted by Gasteiger charge is 2.10. The highest BCUT2D eigenvalue weighted by atomic mass is 32.1. The Morgan fingerprint density at radius 3 is 2.61 bits per heavy atom. The zero-order chi connectivity index (χ0) is 16.1.